The van der Waals surface area contributed by atoms with Crippen molar-refractivity contribution in [3.8, 4) is 11.5 Å². The van der Waals surface area contributed by atoms with Gasteiger partial charge in [0.1, 0.15) is 36.4 Å². The predicted molar refractivity (Wildman–Crippen MR) is 162 cm³/mol. The predicted octanol–water partition coefficient (Wildman–Crippen LogP) is 4.24. The van der Waals surface area contributed by atoms with E-state index in [1.165, 1.54) is 24.3 Å². The number of hydrogen-bond acceptors (Lipinski definition) is 9. The number of nitrogens with one attached hydrogen (secondary N) is 1. The molecular weight excluding hydrogens is 576 g/mol. The van der Waals surface area contributed by atoms with Gasteiger partial charge in [-0.3, -0.25) is 0 Å². The summed E-state index contributed by atoms with van der Waals surface area (Å²) in [5.41, 5.74) is 1.11. The number of carboxylic acids is 1. The molecule has 0 aliphatic carbocycles. The van der Waals surface area contributed by atoms with Gasteiger partial charge in [0.25, 0.3) is 0 Å². The fourth-order valence-electron chi connectivity index (χ4n) is 3.93. The second-order valence-electron chi connectivity index (χ2n) is 10.8. The van der Waals surface area contributed by atoms with E-state index in [0.717, 1.165) is 11.8 Å². The topological polar surface area (TPSA) is 152 Å². The largest absolute Gasteiger partial charge is 0.491 e. The molecule has 0 fully saturated rings. The van der Waals surface area contributed by atoms with Gasteiger partial charge in [-0.25, -0.2) is 18.0 Å². The van der Waals surface area contributed by atoms with Gasteiger partial charge in [0, 0.05) is 12.1 Å². The van der Waals surface area contributed by atoms with Crippen molar-refractivity contribution in [2.24, 2.45) is 0 Å². The number of sulfonamides is 1. The van der Waals surface area contributed by atoms with E-state index >= 15 is 0 Å². The average Bonchev–Trinajstić information content (AvgIpc) is 2.93. The van der Waals surface area contributed by atoms with Crippen LogP contribution in [0.1, 0.15) is 42.3 Å². The third-order valence-corrected chi connectivity index (χ3v) is 6.96. The Kier molecular flexibility index (Phi) is 11.5. The van der Waals surface area contributed by atoms with Crippen molar-refractivity contribution in [1.82, 2.24) is 5.32 Å². The second kappa shape index (κ2) is 14.9. The number of hydrogen-bond donors (Lipinski definition) is 3. The Morgan fingerprint density at radius 3 is 2.14 bits per heavy atom. The Labute approximate surface area is 252 Å². The van der Waals surface area contributed by atoms with Crippen LogP contribution in [0.2, 0.25) is 0 Å². The zero-order chi connectivity index (χ0) is 31.6. The van der Waals surface area contributed by atoms with Crippen molar-refractivity contribution < 1.29 is 42.4 Å². The summed E-state index contributed by atoms with van der Waals surface area (Å²) in [6.07, 6.45) is -0.168. The third kappa shape index (κ3) is 10.9. The molecule has 0 bridgehead atoms. The van der Waals surface area contributed by atoms with Crippen molar-refractivity contribution in [3.05, 3.63) is 89.5 Å². The van der Waals surface area contributed by atoms with Gasteiger partial charge in [0.2, 0.25) is 10.0 Å². The fraction of sp³-hybridized carbons (Fsp3) is 0.355. The van der Waals surface area contributed by atoms with E-state index in [1.54, 1.807) is 45.0 Å². The summed E-state index contributed by atoms with van der Waals surface area (Å²) in [6, 6.07) is 20.1. The van der Waals surface area contributed by atoms with Crippen molar-refractivity contribution in [2.75, 3.05) is 30.3 Å². The van der Waals surface area contributed by atoms with Crippen LogP contribution in [0.3, 0.4) is 0 Å². The fourth-order valence-corrected chi connectivity index (χ4v) is 4.75. The average molecular weight is 615 g/mol. The van der Waals surface area contributed by atoms with Crippen LogP contribution in [-0.2, 0) is 27.8 Å². The summed E-state index contributed by atoms with van der Waals surface area (Å²) >= 11 is 0. The van der Waals surface area contributed by atoms with Crippen molar-refractivity contribution >= 4 is 27.8 Å². The molecule has 0 aromatic heterocycles. The summed E-state index contributed by atoms with van der Waals surface area (Å²) in [5, 5.41) is 22.8. The highest BCUT2D eigenvalue weighted by Gasteiger charge is 2.30. The number of aliphatic hydroxyl groups is 1. The Morgan fingerprint density at radius 1 is 0.930 bits per heavy atom. The van der Waals surface area contributed by atoms with Crippen molar-refractivity contribution in [1.29, 1.82) is 0 Å². The van der Waals surface area contributed by atoms with E-state index in [4.69, 9.17) is 14.2 Å². The molecule has 12 heteroatoms. The van der Waals surface area contributed by atoms with E-state index in [1.807, 2.05) is 24.3 Å². The van der Waals surface area contributed by atoms with Crippen LogP contribution >= 0.6 is 0 Å². The number of carbonyl (C=O) groups is 2. The summed E-state index contributed by atoms with van der Waals surface area (Å²) in [4.78, 5) is 23.8. The lowest BCUT2D eigenvalue weighted by atomic mass is 10.1. The minimum Gasteiger partial charge on any atom is -0.491 e. The molecule has 3 aromatic carbocycles. The Hall–Kier alpha value is -4.13. The smallest absolute Gasteiger partial charge is 0.428 e. The van der Waals surface area contributed by atoms with Crippen LogP contribution in [0.5, 0.6) is 11.5 Å². The number of aliphatic hydroxyl groups excluding tert-OH is 1. The van der Waals surface area contributed by atoms with Gasteiger partial charge in [0.05, 0.1) is 17.5 Å². The van der Waals surface area contributed by atoms with Crippen LogP contribution in [0.25, 0.3) is 0 Å². The van der Waals surface area contributed by atoms with Gasteiger partial charge in [0.15, 0.2) is 0 Å². The molecule has 3 N–H and O–H groups in total. The molecule has 3 rings (SSSR count). The molecule has 0 aliphatic rings. The molecule has 1 unspecified atom stereocenters. The molecule has 0 aliphatic heterocycles. The minimum absolute atomic E-state index is 0.00520. The van der Waals surface area contributed by atoms with E-state index in [2.05, 4.69) is 5.32 Å². The molecule has 0 saturated carbocycles. The first-order valence-electron chi connectivity index (χ1n) is 13.6. The Bertz CT molecular complexity index is 1470. The molecule has 0 heterocycles. The number of anilines is 1. The molecule has 0 spiro atoms. The molecule has 232 valence electrons. The SMILES string of the molecule is CC(C)(C)OC(=O)N(c1ccc(OCC(O)CNCCc2ccc(OCc3ccccc3C(=O)O)cc2)cc1)S(C)(=O)=O. The Morgan fingerprint density at radius 2 is 1.53 bits per heavy atom. The molecule has 11 nitrogen and oxygen atoms in total. The van der Waals surface area contributed by atoms with Crippen LogP contribution in [-0.4, -0.2) is 68.4 Å². The van der Waals surface area contributed by atoms with E-state index in [0.29, 0.717) is 40.9 Å². The van der Waals surface area contributed by atoms with Crippen molar-refractivity contribution in [2.45, 2.75) is 45.5 Å². The minimum atomic E-state index is -3.94. The first-order valence-corrected chi connectivity index (χ1v) is 15.5. The van der Waals surface area contributed by atoms with Gasteiger partial charge >= 0.3 is 12.1 Å². The third-order valence-electron chi connectivity index (χ3n) is 5.94. The normalized spacial score (nSPS) is 12.3. The van der Waals surface area contributed by atoms with Crippen LogP contribution < -0.4 is 19.1 Å². The highest BCUT2D eigenvalue weighted by molar-refractivity contribution is 7.92. The Balaban J connectivity index is 1.40. The molecule has 1 amide bonds. The monoisotopic (exact) mass is 614 g/mol. The number of ether oxygens (including phenoxy) is 3. The highest BCUT2D eigenvalue weighted by Crippen LogP contribution is 2.24. The van der Waals surface area contributed by atoms with Gasteiger partial charge in [-0.2, -0.15) is 4.31 Å². The molecule has 1 atom stereocenters. The van der Waals surface area contributed by atoms with Gasteiger partial charge < -0.3 is 29.7 Å². The van der Waals surface area contributed by atoms with Gasteiger partial charge in [-0.15, -0.1) is 0 Å². The molecule has 3 aromatic rings. The van der Waals surface area contributed by atoms with E-state index in [-0.39, 0.29) is 24.5 Å². The molecule has 0 radical (unpaired) electrons. The zero-order valence-corrected chi connectivity index (χ0v) is 25.5. The maximum absolute atomic E-state index is 12.5. The summed E-state index contributed by atoms with van der Waals surface area (Å²) < 4.78 is 41.6. The number of rotatable bonds is 14. The van der Waals surface area contributed by atoms with Crippen molar-refractivity contribution in [3.63, 3.8) is 0 Å². The lowest BCUT2D eigenvalue weighted by molar-refractivity contribution is 0.0607. The van der Waals surface area contributed by atoms with Gasteiger partial charge in [-0.1, -0.05) is 30.3 Å². The van der Waals surface area contributed by atoms with Crippen LogP contribution in [0, 0.1) is 0 Å². The first kappa shape index (κ1) is 33.4. The van der Waals surface area contributed by atoms with Crippen LogP contribution in [0.4, 0.5) is 10.5 Å². The van der Waals surface area contributed by atoms with Gasteiger partial charge in [-0.05, 0) is 81.8 Å². The number of carbonyl (C=O) groups excluding carboxylic acids is 1. The quantitative estimate of drug-likeness (QED) is 0.225. The maximum atomic E-state index is 12.5. The maximum Gasteiger partial charge on any atom is 0.428 e. The first-order chi connectivity index (χ1) is 20.2. The molecular formula is C31H38N2O9S. The molecule has 43 heavy (non-hydrogen) atoms. The van der Waals surface area contributed by atoms with E-state index < -0.39 is 33.8 Å². The summed E-state index contributed by atoms with van der Waals surface area (Å²) in [7, 11) is -3.94. The number of benzene rings is 3. The summed E-state index contributed by atoms with van der Waals surface area (Å²) in [5.74, 6) is 0.0353. The lowest BCUT2D eigenvalue weighted by Crippen LogP contribution is -2.40. The number of amides is 1. The number of carboxylic acid groups (broad SMARTS) is 1. The van der Waals surface area contributed by atoms with Crippen LogP contribution in [0.15, 0.2) is 72.8 Å². The molecule has 0 saturated heterocycles. The number of aromatic carboxylic acids is 1. The highest BCUT2D eigenvalue weighted by atomic mass is 32.2. The van der Waals surface area contributed by atoms with E-state index in [9.17, 15) is 28.2 Å². The second-order valence-corrected chi connectivity index (χ2v) is 12.6. The lowest BCUT2D eigenvalue weighted by Gasteiger charge is -2.26. The summed E-state index contributed by atoms with van der Waals surface area (Å²) in [6.45, 7) is 6.00. The standard InChI is InChI=1S/C31H38N2O9S/c1-31(2,3)42-30(37)33(43(4,38)39)24-11-15-27(16-12-24)41-21-25(34)19-32-18-17-22-9-13-26(14-10-22)40-20-23-7-5-6-8-28(23)29(35)36/h5-16,25,32,34H,17-21H2,1-4H3,(H,35,36). The zero-order valence-electron chi connectivity index (χ0n) is 24.6. The number of nitrogens with zero attached hydrogens (tertiary/aromatic N) is 1.